The van der Waals surface area contributed by atoms with Gasteiger partial charge in [-0.1, -0.05) is 32.0 Å². The van der Waals surface area contributed by atoms with E-state index in [9.17, 15) is 14.9 Å². The molecule has 0 aliphatic carbocycles. The van der Waals surface area contributed by atoms with Crippen molar-refractivity contribution in [2.24, 2.45) is 5.92 Å². The summed E-state index contributed by atoms with van der Waals surface area (Å²) in [6.07, 6.45) is 0. The first kappa shape index (κ1) is 19.7. The monoisotopic (exact) mass is 369 g/mol. The number of nitriles is 1. The predicted molar refractivity (Wildman–Crippen MR) is 104 cm³/mol. The number of hydrogen-bond acceptors (Lipinski definition) is 4. The van der Waals surface area contributed by atoms with Gasteiger partial charge in [0.05, 0.1) is 16.4 Å². The highest BCUT2D eigenvalue weighted by atomic mass is 32.1. The lowest BCUT2D eigenvalue weighted by atomic mass is 9.86. The number of thiophene rings is 1. The summed E-state index contributed by atoms with van der Waals surface area (Å²) >= 11 is 1.34. The second-order valence-electron chi connectivity index (χ2n) is 6.98. The molecule has 0 saturated heterocycles. The van der Waals surface area contributed by atoms with E-state index in [0.29, 0.717) is 10.6 Å². The van der Waals surface area contributed by atoms with E-state index in [4.69, 9.17) is 0 Å². The fraction of sp³-hybridized carbons (Fsp3) is 0.350. The summed E-state index contributed by atoms with van der Waals surface area (Å²) in [5.41, 5.74) is 0.922. The highest BCUT2D eigenvalue weighted by Crippen LogP contribution is 2.23. The van der Waals surface area contributed by atoms with Crippen molar-refractivity contribution >= 4 is 28.8 Å². The molecule has 1 aromatic heterocycles. The van der Waals surface area contributed by atoms with Crippen LogP contribution in [0.5, 0.6) is 0 Å². The number of nitrogens with one attached hydrogen (secondary N) is 2. The maximum atomic E-state index is 12.6. The molecule has 1 atom stereocenters. The fourth-order valence-electron chi connectivity index (χ4n) is 2.41. The molecule has 0 saturated carbocycles. The number of anilines is 1. The van der Waals surface area contributed by atoms with E-state index in [-0.39, 0.29) is 17.7 Å². The number of carbonyl (C=O) groups excluding carboxylic acids is 2. The van der Waals surface area contributed by atoms with Crippen LogP contribution < -0.4 is 10.6 Å². The van der Waals surface area contributed by atoms with Gasteiger partial charge in [-0.05, 0) is 48.9 Å². The summed E-state index contributed by atoms with van der Waals surface area (Å²) in [4.78, 5) is 25.5. The van der Waals surface area contributed by atoms with E-state index in [2.05, 4.69) is 16.7 Å². The lowest BCUT2D eigenvalue weighted by Crippen LogP contribution is -2.46. The molecule has 5 nitrogen and oxygen atoms in total. The van der Waals surface area contributed by atoms with Crippen molar-refractivity contribution in [1.82, 2.24) is 5.32 Å². The van der Waals surface area contributed by atoms with E-state index in [1.165, 1.54) is 11.3 Å². The van der Waals surface area contributed by atoms with E-state index >= 15 is 0 Å². The number of carbonyl (C=O) groups is 2. The Balaban J connectivity index is 2.08. The van der Waals surface area contributed by atoms with Crippen molar-refractivity contribution in [3.05, 3.63) is 52.2 Å². The Labute approximate surface area is 158 Å². The van der Waals surface area contributed by atoms with Gasteiger partial charge in [-0.2, -0.15) is 5.26 Å². The van der Waals surface area contributed by atoms with Crippen LogP contribution in [0.1, 0.15) is 42.9 Å². The number of hydrogen-bond donors (Lipinski definition) is 2. The van der Waals surface area contributed by atoms with Gasteiger partial charge in [0.2, 0.25) is 5.91 Å². The van der Waals surface area contributed by atoms with Gasteiger partial charge in [0.1, 0.15) is 6.04 Å². The van der Waals surface area contributed by atoms with Gasteiger partial charge in [0.25, 0.3) is 5.91 Å². The molecule has 0 fully saturated rings. The van der Waals surface area contributed by atoms with Crippen molar-refractivity contribution in [3.63, 3.8) is 0 Å². The number of amides is 2. The van der Waals surface area contributed by atoms with Crippen molar-refractivity contribution in [2.75, 3.05) is 5.32 Å². The molecule has 6 heteroatoms. The van der Waals surface area contributed by atoms with Crippen LogP contribution in [0.4, 0.5) is 5.69 Å². The molecular formula is C20H23N3O2S. The fourth-order valence-corrected chi connectivity index (χ4v) is 3.04. The molecule has 0 aliphatic rings. The highest BCUT2D eigenvalue weighted by Gasteiger charge is 2.25. The van der Waals surface area contributed by atoms with E-state index in [1.807, 2.05) is 45.2 Å². The van der Waals surface area contributed by atoms with Crippen LogP contribution in [0.25, 0.3) is 0 Å². The molecule has 2 amide bonds. The first-order chi connectivity index (χ1) is 12.2. The van der Waals surface area contributed by atoms with Gasteiger partial charge in [-0.15, -0.1) is 11.3 Å². The van der Waals surface area contributed by atoms with Crippen molar-refractivity contribution in [3.8, 4) is 6.07 Å². The smallest absolute Gasteiger partial charge is 0.262 e. The topological polar surface area (TPSA) is 82.0 Å². The molecule has 2 aromatic rings. The Bertz CT molecular complexity index is 803. The van der Waals surface area contributed by atoms with Crippen LogP contribution in [0.15, 0.2) is 41.8 Å². The molecule has 1 heterocycles. The average molecular weight is 369 g/mol. The van der Waals surface area contributed by atoms with Crippen LogP contribution in [-0.4, -0.2) is 17.9 Å². The largest absolute Gasteiger partial charge is 0.339 e. The zero-order valence-corrected chi connectivity index (χ0v) is 16.2. The molecule has 2 N–H and O–H groups in total. The van der Waals surface area contributed by atoms with Crippen LogP contribution >= 0.6 is 11.3 Å². The number of nitrogens with zero attached hydrogens (tertiary/aromatic N) is 1. The van der Waals surface area contributed by atoms with Gasteiger partial charge in [0.15, 0.2) is 0 Å². The zero-order chi connectivity index (χ0) is 19.3. The number of benzene rings is 1. The quantitative estimate of drug-likeness (QED) is 0.809. The molecule has 26 heavy (non-hydrogen) atoms. The highest BCUT2D eigenvalue weighted by molar-refractivity contribution is 7.12. The second-order valence-corrected chi connectivity index (χ2v) is 7.92. The van der Waals surface area contributed by atoms with Crippen LogP contribution in [0, 0.1) is 17.2 Å². The Morgan fingerprint density at radius 3 is 2.31 bits per heavy atom. The van der Waals surface area contributed by atoms with Gasteiger partial charge in [-0.25, -0.2) is 0 Å². The van der Waals surface area contributed by atoms with Crippen molar-refractivity contribution in [1.29, 1.82) is 5.26 Å². The molecule has 1 unspecified atom stereocenters. The maximum Gasteiger partial charge on any atom is 0.262 e. The number of rotatable bonds is 6. The normalized spacial score (nSPS) is 12.3. The van der Waals surface area contributed by atoms with Crippen LogP contribution in [0.2, 0.25) is 0 Å². The Morgan fingerprint density at radius 1 is 1.15 bits per heavy atom. The summed E-state index contributed by atoms with van der Waals surface area (Å²) in [7, 11) is 0. The Hall–Kier alpha value is -2.65. The molecule has 0 aliphatic heterocycles. The van der Waals surface area contributed by atoms with E-state index in [1.54, 1.807) is 24.3 Å². The van der Waals surface area contributed by atoms with Gasteiger partial charge in [-0.3, -0.25) is 9.59 Å². The molecular weight excluding hydrogens is 346 g/mol. The SMILES string of the molecule is CC(C)C(NC(=O)c1cccs1)C(=O)Nc1ccc(C(C)(C)C#N)cc1. The molecule has 0 spiro atoms. The first-order valence-electron chi connectivity index (χ1n) is 8.41. The minimum Gasteiger partial charge on any atom is -0.339 e. The third-order valence-corrected chi connectivity index (χ3v) is 5.00. The molecule has 0 bridgehead atoms. The first-order valence-corrected chi connectivity index (χ1v) is 9.29. The predicted octanol–water partition coefficient (Wildman–Crippen LogP) is 3.94. The Kier molecular flexibility index (Phi) is 6.17. The molecule has 136 valence electrons. The lowest BCUT2D eigenvalue weighted by Gasteiger charge is -2.22. The third kappa shape index (κ3) is 4.70. The summed E-state index contributed by atoms with van der Waals surface area (Å²) in [5.74, 6) is -0.576. The summed E-state index contributed by atoms with van der Waals surface area (Å²) < 4.78 is 0. The standard InChI is InChI=1S/C20H23N3O2S/c1-13(2)17(23-18(24)16-6-5-11-26-16)19(25)22-15-9-7-14(8-10-15)20(3,4)12-21/h5-11,13,17H,1-4H3,(H,22,25)(H,23,24). The summed E-state index contributed by atoms with van der Waals surface area (Å²) in [6, 6.07) is 12.3. The maximum absolute atomic E-state index is 12.6. The van der Waals surface area contributed by atoms with Crippen molar-refractivity contribution < 1.29 is 9.59 Å². The lowest BCUT2D eigenvalue weighted by molar-refractivity contribution is -0.118. The van der Waals surface area contributed by atoms with Crippen LogP contribution in [-0.2, 0) is 10.2 Å². The second kappa shape index (κ2) is 8.15. The average Bonchev–Trinajstić information content (AvgIpc) is 3.14. The molecule has 0 radical (unpaired) electrons. The summed E-state index contributed by atoms with van der Waals surface area (Å²) in [6.45, 7) is 7.46. The summed E-state index contributed by atoms with van der Waals surface area (Å²) in [5, 5.41) is 16.7. The van der Waals surface area contributed by atoms with Crippen molar-refractivity contribution in [2.45, 2.75) is 39.2 Å². The minimum absolute atomic E-state index is 0.0595. The van der Waals surface area contributed by atoms with Gasteiger partial charge >= 0.3 is 0 Å². The zero-order valence-electron chi connectivity index (χ0n) is 15.4. The van der Waals surface area contributed by atoms with Gasteiger partial charge in [0, 0.05) is 5.69 Å². The van der Waals surface area contributed by atoms with E-state index in [0.717, 1.165) is 5.56 Å². The third-order valence-electron chi connectivity index (χ3n) is 4.13. The van der Waals surface area contributed by atoms with Crippen LogP contribution in [0.3, 0.4) is 0 Å². The van der Waals surface area contributed by atoms with E-state index < -0.39 is 11.5 Å². The minimum atomic E-state index is -0.639. The molecule has 1 aromatic carbocycles. The van der Waals surface area contributed by atoms with Gasteiger partial charge < -0.3 is 10.6 Å². The Morgan fingerprint density at radius 2 is 1.81 bits per heavy atom. The molecule has 2 rings (SSSR count).